The van der Waals surface area contributed by atoms with Gasteiger partial charge in [-0.05, 0) is 31.5 Å². The van der Waals surface area contributed by atoms with Crippen molar-refractivity contribution in [1.29, 1.82) is 0 Å². The number of rotatable bonds is 7. The monoisotopic (exact) mass is 521 g/mol. The molecule has 0 atom stereocenters. The SMILES string of the molecule is CC(C)(O)Cn1cc(-c2ccc3c(c2)OCCc2sc(-c4ncnn4CCN4CCOCC4)nc2-3)cn1. The average molecular weight is 522 g/mol. The lowest BCUT2D eigenvalue weighted by Crippen LogP contribution is -2.38. The summed E-state index contributed by atoms with van der Waals surface area (Å²) in [6.45, 7) is 9.73. The lowest BCUT2D eigenvalue weighted by molar-refractivity contribution is 0.0360. The van der Waals surface area contributed by atoms with E-state index in [0.717, 1.165) is 84.8 Å². The zero-order chi connectivity index (χ0) is 25.4. The minimum absolute atomic E-state index is 0.427. The van der Waals surface area contributed by atoms with Gasteiger partial charge in [-0.3, -0.25) is 9.58 Å². The second-order valence-electron chi connectivity index (χ2n) is 10.1. The van der Waals surface area contributed by atoms with Gasteiger partial charge in [0.2, 0.25) is 0 Å². The number of fused-ring (bicyclic) bond motifs is 3. The molecule has 0 radical (unpaired) electrons. The summed E-state index contributed by atoms with van der Waals surface area (Å²) in [5.41, 5.74) is 3.11. The lowest BCUT2D eigenvalue weighted by atomic mass is 10.0. The molecule has 0 spiro atoms. The van der Waals surface area contributed by atoms with Crippen molar-refractivity contribution in [2.24, 2.45) is 0 Å². The van der Waals surface area contributed by atoms with E-state index in [2.05, 4.69) is 38.3 Å². The Bertz CT molecular complexity index is 1380. The molecule has 1 N–H and O–H groups in total. The normalized spacial score (nSPS) is 16.2. The molecule has 5 heterocycles. The number of nitrogens with zero attached hydrogens (tertiary/aromatic N) is 7. The Labute approximate surface area is 219 Å². The molecule has 0 saturated carbocycles. The Morgan fingerprint density at radius 2 is 1.95 bits per heavy atom. The van der Waals surface area contributed by atoms with Crippen LogP contribution in [0, 0.1) is 0 Å². The number of morpholine rings is 1. The third-order valence-electron chi connectivity index (χ3n) is 6.57. The molecule has 194 valence electrons. The topological polar surface area (TPSA) is 103 Å². The first-order valence-corrected chi connectivity index (χ1v) is 13.4. The van der Waals surface area contributed by atoms with E-state index in [9.17, 15) is 5.11 Å². The van der Waals surface area contributed by atoms with Gasteiger partial charge in [0.05, 0.1) is 50.4 Å². The molecular weight excluding hydrogens is 490 g/mol. The standard InChI is InChI=1S/C26H31N7O3S/c1-26(2,34)16-32-15-19(14-28-32)18-3-4-20-21(13-18)36-10-5-22-23(20)30-25(37-22)24-27-17-29-33(24)7-6-31-8-11-35-12-9-31/h3-4,13-15,17,34H,5-12,16H2,1-2H3. The van der Waals surface area contributed by atoms with Gasteiger partial charge in [0.25, 0.3) is 0 Å². The number of hydrogen-bond acceptors (Lipinski definition) is 9. The van der Waals surface area contributed by atoms with Crippen molar-refractivity contribution in [3.05, 3.63) is 41.8 Å². The Kier molecular flexibility index (Phi) is 6.53. The molecule has 2 aliphatic heterocycles. The minimum Gasteiger partial charge on any atom is -0.492 e. The zero-order valence-corrected chi connectivity index (χ0v) is 21.9. The van der Waals surface area contributed by atoms with Crippen molar-refractivity contribution in [1.82, 2.24) is 34.4 Å². The zero-order valence-electron chi connectivity index (χ0n) is 21.1. The van der Waals surface area contributed by atoms with Gasteiger partial charge in [-0.1, -0.05) is 6.07 Å². The van der Waals surface area contributed by atoms with Crippen LogP contribution in [0.3, 0.4) is 0 Å². The van der Waals surface area contributed by atoms with E-state index in [1.165, 1.54) is 4.88 Å². The molecule has 37 heavy (non-hydrogen) atoms. The summed E-state index contributed by atoms with van der Waals surface area (Å²) in [6, 6.07) is 6.21. The van der Waals surface area contributed by atoms with E-state index >= 15 is 0 Å². The van der Waals surface area contributed by atoms with E-state index in [1.54, 1.807) is 36.2 Å². The fraction of sp³-hybridized carbons (Fsp3) is 0.462. The minimum atomic E-state index is -0.828. The molecule has 2 aliphatic rings. The second-order valence-corrected chi connectivity index (χ2v) is 11.2. The fourth-order valence-electron chi connectivity index (χ4n) is 4.75. The Balaban J connectivity index is 1.25. The van der Waals surface area contributed by atoms with Crippen molar-refractivity contribution in [3.63, 3.8) is 0 Å². The predicted molar refractivity (Wildman–Crippen MR) is 141 cm³/mol. The van der Waals surface area contributed by atoms with Crippen LogP contribution in [0.1, 0.15) is 18.7 Å². The van der Waals surface area contributed by atoms with Crippen LogP contribution in [0.15, 0.2) is 36.9 Å². The molecule has 0 amide bonds. The van der Waals surface area contributed by atoms with E-state index in [0.29, 0.717) is 13.2 Å². The second kappa shape index (κ2) is 9.97. The van der Waals surface area contributed by atoms with Crippen molar-refractivity contribution in [2.75, 3.05) is 39.5 Å². The number of benzene rings is 1. The number of aliphatic hydroxyl groups is 1. The maximum atomic E-state index is 10.1. The Morgan fingerprint density at radius 3 is 2.78 bits per heavy atom. The lowest BCUT2D eigenvalue weighted by Gasteiger charge is -2.26. The number of aromatic nitrogens is 6. The third-order valence-corrected chi connectivity index (χ3v) is 7.69. The molecule has 0 unspecified atom stereocenters. The van der Waals surface area contributed by atoms with Crippen molar-refractivity contribution in [3.8, 4) is 39.0 Å². The highest BCUT2D eigenvalue weighted by Crippen LogP contribution is 2.41. The smallest absolute Gasteiger partial charge is 0.187 e. The average Bonchev–Trinajstić information content (AvgIpc) is 3.61. The van der Waals surface area contributed by atoms with E-state index in [4.69, 9.17) is 14.5 Å². The molecule has 3 aromatic heterocycles. The van der Waals surface area contributed by atoms with Crippen LogP contribution in [0.2, 0.25) is 0 Å². The van der Waals surface area contributed by atoms with Crippen LogP contribution in [-0.2, 0) is 24.2 Å². The highest BCUT2D eigenvalue weighted by molar-refractivity contribution is 7.15. The van der Waals surface area contributed by atoms with Gasteiger partial charge in [-0.15, -0.1) is 11.3 Å². The van der Waals surface area contributed by atoms with Gasteiger partial charge < -0.3 is 14.6 Å². The van der Waals surface area contributed by atoms with Crippen molar-refractivity contribution < 1.29 is 14.6 Å². The summed E-state index contributed by atoms with van der Waals surface area (Å²) in [6.07, 6.45) is 6.18. The Morgan fingerprint density at radius 1 is 1.08 bits per heavy atom. The largest absolute Gasteiger partial charge is 0.492 e. The molecular formula is C26H31N7O3S. The summed E-state index contributed by atoms with van der Waals surface area (Å²) >= 11 is 1.67. The van der Waals surface area contributed by atoms with Crippen LogP contribution < -0.4 is 4.74 Å². The first-order chi connectivity index (χ1) is 17.9. The van der Waals surface area contributed by atoms with Gasteiger partial charge in [0.1, 0.15) is 12.1 Å². The van der Waals surface area contributed by atoms with Gasteiger partial charge in [-0.2, -0.15) is 10.2 Å². The maximum absolute atomic E-state index is 10.1. The predicted octanol–water partition coefficient (Wildman–Crippen LogP) is 2.97. The number of ether oxygens (including phenoxy) is 2. The summed E-state index contributed by atoms with van der Waals surface area (Å²) in [7, 11) is 0. The Hall–Kier alpha value is -3.12. The van der Waals surface area contributed by atoms with Crippen LogP contribution >= 0.6 is 11.3 Å². The highest BCUT2D eigenvalue weighted by Gasteiger charge is 2.24. The molecule has 4 aromatic rings. The molecule has 1 fully saturated rings. The van der Waals surface area contributed by atoms with Crippen LogP contribution in [-0.4, -0.2) is 84.6 Å². The van der Waals surface area contributed by atoms with Gasteiger partial charge in [0, 0.05) is 48.3 Å². The molecule has 0 bridgehead atoms. The molecule has 6 rings (SSSR count). The maximum Gasteiger partial charge on any atom is 0.187 e. The molecule has 11 heteroatoms. The van der Waals surface area contributed by atoms with Crippen LogP contribution in [0.4, 0.5) is 0 Å². The first-order valence-electron chi connectivity index (χ1n) is 12.6. The third kappa shape index (κ3) is 5.30. The molecule has 1 aromatic carbocycles. The first kappa shape index (κ1) is 24.2. The quantitative estimate of drug-likeness (QED) is 0.396. The van der Waals surface area contributed by atoms with Crippen LogP contribution in [0.25, 0.3) is 33.2 Å². The summed E-state index contributed by atoms with van der Waals surface area (Å²) in [4.78, 5) is 13.2. The van der Waals surface area contributed by atoms with E-state index in [1.807, 2.05) is 17.1 Å². The molecule has 1 saturated heterocycles. The summed E-state index contributed by atoms with van der Waals surface area (Å²) < 4.78 is 15.3. The van der Waals surface area contributed by atoms with Crippen LogP contribution in [0.5, 0.6) is 5.75 Å². The van der Waals surface area contributed by atoms with Crippen molar-refractivity contribution >= 4 is 11.3 Å². The van der Waals surface area contributed by atoms with E-state index < -0.39 is 5.60 Å². The van der Waals surface area contributed by atoms with Gasteiger partial charge in [0.15, 0.2) is 10.8 Å². The number of hydrogen-bond donors (Lipinski definition) is 1. The van der Waals surface area contributed by atoms with Crippen molar-refractivity contribution in [2.45, 2.75) is 39.0 Å². The number of thiazole rings is 1. The molecule has 10 nitrogen and oxygen atoms in total. The summed E-state index contributed by atoms with van der Waals surface area (Å²) in [5.74, 6) is 1.63. The van der Waals surface area contributed by atoms with Gasteiger partial charge in [-0.25, -0.2) is 14.6 Å². The fourth-order valence-corrected chi connectivity index (χ4v) is 5.81. The molecule has 0 aliphatic carbocycles. The van der Waals surface area contributed by atoms with E-state index in [-0.39, 0.29) is 0 Å². The van der Waals surface area contributed by atoms with Gasteiger partial charge >= 0.3 is 0 Å². The highest BCUT2D eigenvalue weighted by atomic mass is 32.1. The summed E-state index contributed by atoms with van der Waals surface area (Å²) in [5, 5.41) is 19.9.